The largest absolute Gasteiger partial charge is 0.379 e. The zero-order valence-electron chi connectivity index (χ0n) is 14.5. The molecular formula is C18H34N2O. The molecule has 3 nitrogen and oxygen atoms in total. The Morgan fingerprint density at radius 3 is 2.19 bits per heavy atom. The quantitative estimate of drug-likeness (QED) is 0.506. The molecule has 1 aliphatic rings. The number of piperazine rings is 1. The van der Waals surface area contributed by atoms with E-state index in [-0.39, 0.29) is 0 Å². The fourth-order valence-corrected chi connectivity index (χ4v) is 2.47. The number of ether oxygens (including phenoxy) is 1. The Balaban J connectivity index is 2.00. The SMILES string of the molecule is CC(C)C#CCN1CCN(CCCCCOC(C)C)CC1. The summed E-state index contributed by atoms with van der Waals surface area (Å²) in [5, 5.41) is 0. The van der Waals surface area contributed by atoms with E-state index in [1.807, 2.05) is 0 Å². The fraction of sp³-hybridized carbons (Fsp3) is 0.889. The highest BCUT2D eigenvalue weighted by Gasteiger charge is 2.15. The molecule has 0 aromatic carbocycles. The molecule has 1 aliphatic heterocycles. The van der Waals surface area contributed by atoms with Crippen molar-refractivity contribution in [3.63, 3.8) is 0 Å². The molecule has 1 heterocycles. The van der Waals surface area contributed by atoms with E-state index in [4.69, 9.17) is 4.74 Å². The molecule has 122 valence electrons. The first kappa shape index (κ1) is 18.5. The zero-order valence-corrected chi connectivity index (χ0v) is 14.5. The van der Waals surface area contributed by atoms with Gasteiger partial charge in [0.05, 0.1) is 12.6 Å². The van der Waals surface area contributed by atoms with Gasteiger partial charge in [-0.3, -0.25) is 4.90 Å². The Labute approximate surface area is 132 Å². The number of nitrogens with zero attached hydrogens (tertiary/aromatic N) is 2. The summed E-state index contributed by atoms with van der Waals surface area (Å²) in [7, 11) is 0. The van der Waals surface area contributed by atoms with Crippen LogP contribution in [0.15, 0.2) is 0 Å². The van der Waals surface area contributed by atoms with Gasteiger partial charge in [0, 0.05) is 38.7 Å². The summed E-state index contributed by atoms with van der Waals surface area (Å²) in [6, 6.07) is 0. The van der Waals surface area contributed by atoms with Crippen molar-refractivity contribution in [1.29, 1.82) is 0 Å². The highest BCUT2D eigenvalue weighted by molar-refractivity contribution is 5.03. The topological polar surface area (TPSA) is 15.7 Å². The van der Waals surface area contributed by atoms with Crippen molar-refractivity contribution in [3.05, 3.63) is 0 Å². The summed E-state index contributed by atoms with van der Waals surface area (Å²) in [6.45, 7) is 16.3. The van der Waals surface area contributed by atoms with Gasteiger partial charge in [-0.25, -0.2) is 0 Å². The molecule has 3 heteroatoms. The molecule has 0 amide bonds. The Kier molecular flexibility index (Phi) is 9.74. The summed E-state index contributed by atoms with van der Waals surface area (Å²) in [6.07, 6.45) is 4.15. The monoisotopic (exact) mass is 294 g/mol. The number of hydrogen-bond acceptors (Lipinski definition) is 3. The molecule has 0 N–H and O–H groups in total. The van der Waals surface area contributed by atoms with E-state index in [2.05, 4.69) is 49.3 Å². The first-order valence-corrected chi connectivity index (χ1v) is 8.62. The van der Waals surface area contributed by atoms with Gasteiger partial charge < -0.3 is 9.64 Å². The lowest BCUT2D eigenvalue weighted by Gasteiger charge is -2.33. The molecular weight excluding hydrogens is 260 g/mol. The van der Waals surface area contributed by atoms with E-state index in [0.717, 1.165) is 13.2 Å². The van der Waals surface area contributed by atoms with Crippen molar-refractivity contribution >= 4 is 0 Å². The van der Waals surface area contributed by atoms with Crippen LogP contribution in [0.4, 0.5) is 0 Å². The van der Waals surface area contributed by atoms with E-state index >= 15 is 0 Å². The third kappa shape index (κ3) is 9.90. The van der Waals surface area contributed by atoms with E-state index in [0.29, 0.717) is 12.0 Å². The molecule has 0 radical (unpaired) electrons. The van der Waals surface area contributed by atoms with Crippen molar-refractivity contribution in [1.82, 2.24) is 9.80 Å². The molecule has 0 bridgehead atoms. The average Bonchev–Trinajstić information content (AvgIpc) is 2.43. The van der Waals surface area contributed by atoms with Gasteiger partial charge in [0.25, 0.3) is 0 Å². The summed E-state index contributed by atoms with van der Waals surface area (Å²) in [4.78, 5) is 5.07. The molecule has 0 aromatic heterocycles. The maximum absolute atomic E-state index is 5.57. The second-order valence-electron chi connectivity index (χ2n) is 6.57. The van der Waals surface area contributed by atoms with Crippen molar-refractivity contribution < 1.29 is 4.74 Å². The number of rotatable bonds is 8. The van der Waals surface area contributed by atoms with Gasteiger partial charge in [-0.1, -0.05) is 25.7 Å². The van der Waals surface area contributed by atoms with Crippen LogP contribution in [-0.2, 0) is 4.74 Å². The standard InChI is InChI=1S/C18H34N2O/c1-17(2)9-8-11-20-14-12-19(13-15-20)10-6-5-7-16-21-18(3)4/h17-18H,5-7,10-16H2,1-4H3. The fourth-order valence-electron chi connectivity index (χ4n) is 2.47. The second-order valence-corrected chi connectivity index (χ2v) is 6.57. The van der Waals surface area contributed by atoms with E-state index in [1.54, 1.807) is 0 Å². The predicted molar refractivity (Wildman–Crippen MR) is 90.4 cm³/mol. The Bertz CT molecular complexity index is 309. The third-order valence-corrected chi connectivity index (χ3v) is 3.73. The van der Waals surface area contributed by atoms with Gasteiger partial charge >= 0.3 is 0 Å². The van der Waals surface area contributed by atoms with Gasteiger partial charge in [0.1, 0.15) is 0 Å². The van der Waals surface area contributed by atoms with Crippen LogP contribution in [0.2, 0.25) is 0 Å². The molecule has 1 rings (SSSR count). The van der Waals surface area contributed by atoms with Crippen LogP contribution < -0.4 is 0 Å². The van der Waals surface area contributed by atoms with Crippen molar-refractivity contribution in [2.45, 2.75) is 53.1 Å². The van der Waals surface area contributed by atoms with Crippen LogP contribution in [0.25, 0.3) is 0 Å². The van der Waals surface area contributed by atoms with Crippen LogP contribution in [0.3, 0.4) is 0 Å². The first-order valence-electron chi connectivity index (χ1n) is 8.62. The highest BCUT2D eigenvalue weighted by atomic mass is 16.5. The second kappa shape index (κ2) is 11.1. The Morgan fingerprint density at radius 1 is 0.905 bits per heavy atom. The Hall–Kier alpha value is -0.560. The van der Waals surface area contributed by atoms with Crippen LogP contribution in [-0.4, -0.2) is 61.8 Å². The molecule has 0 spiro atoms. The molecule has 1 saturated heterocycles. The van der Waals surface area contributed by atoms with E-state index in [9.17, 15) is 0 Å². The molecule has 0 unspecified atom stereocenters. The summed E-state index contributed by atoms with van der Waals surface area (Å²) in [5.74, 6) is 7.03. The van der Waals surface area contributed by atoms with Gasteiger partial charge in [0.2, 0.25) is 0 Å². The minimum atomic E-state index is 0.372. The highest BCUT2D eigenvalue weighted by Crippen LogP contribution is 2.05. The average molecular weight is 294 g/mol. The van der Waals surface area contributed by atoms with Crippen LogP contribution in [0.5, 0.6) is 0 Å². The van der Waals surface area contributed by atoms with Crippen molar-refractivity contribution in [2.24, 2.45) is 5.92 Å². The molecule has 21 heavy (non-hydrogen) atoms. The lowest BCUT2D eigenvalue weighted by Crippen LogP contribution is -2.46. The summed E-state index contributed by atoms with van der Waals surface area (Å²) < 4.78 is 5.57. The van der Waals surface area contributed by atoms with Gasteiger partial charge in [-0.15, -0.1) is 0 Å². The molecule has 0 saturated carbocycles. The summed E-state index contributed by atoms with van der Waals surface area (Å²) >= 11 is 0. The molecule has 0 aromatic rings. The van der Waals surface area contributed by atoms with E-state index in [1.165, 1.54) is 52.0 Å². The van der Waals surface area contributed by atoms with Crippen LogP contribution in [0.1, 0.15) is 47.0 Å². The first-order chi connectivity index (χ1) is 10.1. The van der Waals surface area contributed by atoms with Gasteiger partial charge in [0.15, 0.2) is 0 Å². The van der Waals surface area contributed by atoms with Gasteiger partial charge in [-0.05, 0) is 39.7 Å². The number of hydrogen-bond donors (Lipinski definition) is 0. The molecule has 1 fully saturated rings. The lowest BCUT2D eigenvalue weighted by molar-refractivity contribution is 0.0746. The van der Waals surface area contributed by atoms with Crippen molar-refractivity contribution in [3.8, 4) is 11.8 Å². The zero-order chi connectivity index (χ0) is 15.5. The maximum atomic E-state index is 5.57. The predicted octanol–water partition coefficient (Wildman–Crippen LogP) is 2.86. The summed E-state index contributed by atoms with van der Waals surface area (Å²) in [5.41, 5.74) is 0. The lowest BCUT2D eigenvalue weighted by atomic mass is 10.2. The third-order valence-electron chi connectivity index (χ3n) is 3.73. The molecule has 0 aliphatic carbocycles. The maximum Gasteiger partial charge on any atom is 0.0602 e. The van der Waals surface area contributed by atoms with Crippen LogP contribution >= 0.6 is 0 Å². The normalized spacial score (nSPS) is 17.2. The van der Waals surface area contributed by atoms with E-state index < -0.39 is 0 Å². The van der Waals surface area contributed by atoms with Crippen molar-refractivity contribution in [2.75, 3.05) is 45.9 Å². The van der Waals surface area contributed by atoms with Crippen LogP contribution in [0, 0.1) is 17.8 Å². The minimum Gasteiger partial charge on any atom is -0.379 e. The minimum absolute atomic E-state index is 0.372. The Morgan fingerprint density at radius 2 is 1.57 bits per heavy atom. The number of unbranched alkanes of at least 4 members (excludes halogenated alkanes) is 2. The van der Waals surface area contributed by atoms with Gasteiger partial charge in [-0.2, -0.15) is 0 Å². The smallest absolute Gasteiger partial charge is 0.0602 e. The molecule has 0 atom stereocenters.